The van der Waals surface area contributed by atoms with E-state index in [9.17, 15) is 5.11 Å². The van der Waals surface area contributed by atoms with E-state index in [2.05, 4.69) is 44.3 Å². The molecule has 0 spiro atoms. The maximum atomic E-state index is 9.69. The summed E-state index contributed by atoms with van der Waals surface area (Å²) >= 11 is 3.52. The lowest BCUT2D eigenvalue weighted by Gasteiger charge is -2.23. The summed E-state index contributed by atoms with van der Waals surface area (Å²) in [6.45, 7) is 4.75. The zero-order chi connectivity index (χ0) is 13.1. The number of aliphatic hydroxyl groups is 1. The predicted molar refractivity (Wildman–Crippen MR) is 78.9 cm³/mol. The standard InChI is InChI=1S/C14H21BrN2O/c1-10(18)11-5-6-17(9-11)14-4-3-13(15)7-12(14)8-16-2/h3-4,7,10-11,16,18H,5-6,8-9H2,1-2H3. The van der Waals surface area contributed by atoms with Gasteiger partial charge in [0, 0.05) is 35.7 Å². The third kappa shape index (κ3) is 3.05. The number of hydrogen-bond acceptors (Lipinski definition) is 3. The molecule has 2 rings (SSSR count). The van der Waals surface area contributed by atoms with Gasteiger partial charge in [-0.2, -0.15) is 0 Å². The van der Waals surface area contributed by atoms with Crippen LogP contribution in [0.5, 0.6) is 0 Å². The van der Waals surface area contributed by atoms with E-state index < -0.39 is 0 Å². The summed E-state index contributed by atoms with van der Waals surface area (Å²) in [6, 6.07) is 6.42. The van der Waals surface area contributed by atoms with Crippen molar-refractivity contribution in [3.63, 3.8) is 0 Å². The maximum absolute atomic E-state index is 9.69. The molecule has 18 heavy (non-hydrogen) atoms. The van der Waals surface area contributed by atoms with Crippen LogP contribution in [0, 0.1) is 5.92 Å². The molecule has 0 saturated carbocycles. The number of nitrogens with one attached hydrogen (secondary N) is 1. The molecule has 2 unspecified atom stereocenters. The Morgan fingerprint density at radius 1 is 1.56 bits per heavy atom. The van der Waals surface area contributed by atoms with Crippen molar-refractivity contribution < 1.29 is 5.11 Å². The van der Waals surface area contributed by atoms with Crippen LogP contribution in [-0.4, -0.2) is 31.3 Å². The van der Waals surface area contributed by atoms with E-state index in [0.717, 1.165) is 30.5 Å². The van der Waals surface area contributed by atoms with E-state index in [4.69, 9.17) is 0 Å². The topological polar surface area (TPSA) is 35.5 Å². The summed E-state index contributed by atoms with van der Waals surface area (Å²) in [5.74, 6) is 0.399. The first-order valence-corrected chi connectivity index (χ1v) is 7.27. The fourth-order valence-electron chi connectivity index (χ4n) is 2.59. The first-order chi connectivity index (χ1) is 8.61. The molecule has 1 saturated heterocycles. The van der Waals surface area contributed by atoms with Gasteiger partial charge in [0.1, 0.15) is 0 Å². The molecule has 1 aliphatic rings. The van der Waals surface area contributed by atoms with Crippen molar-refractivity contribution in [2.75, 3.05) is 25.0 Å². The summed E-state index contributed by atoms with van der Waals surface area (Å²) in [6.07, 6.45) is 0.866. The number of nitrogens with zero attached hydrogens (tertiary/aromatic N) is 1. The van der Waals surface area contributed by atoms with E-state index in [1.54, 1.807) is 0 Å². The van der Waals surface area contributed by atoms with Crippen LogP contribution >= 0.6 is 15.9 Å². The van der Waals surface area contributed by atoms with Crippen LogP contribution in [0.3, 0.4) is 0 Å². The van der Waals surface area contributed by atoms with Crippen LogP contribution in [0.1, 0.15) is 18.9 Å². The lowest BCUT2D eigenvalue weighted by atomic mass is 10.0. The Labute approximate surface area is 117 Å². The Hall–Kier alpha value is -0.580. The van der Waals surface area contributed by atoms with Gasteiger partial charge in [0.25, 0.3) is 0 Å². The smallest absolute Gasteiger partial charge is 0.0557 e. The molecule has 1 aromatic rings. The number of benzene rings is 1. The largest absolute Gasteiger partial charge is 0.393 e. The second kappa shape index (κ2) is 6.04. The van der Waals surface area contributed by atoms with Gasteiger partial charge in [-0.1, -0.05) is 15.9 Å². The number of halogens is 1. The molecular formula is C14H21BrN2O. The molecule has 0 aromatic heterocycles. The molecule has 0 bridgehead atoms. The van der Waals surface area contributed by atoms with Crippen LogP contribution in [0.4, 0.5) is 5.69 Å². The lowest BCUT2D eigenvalue weighted by Crippen LogP contribution is -2.25. The van der Waals surface area contributed by atoms with Crippen LogP contribution in [0.2, 0.25) is 0 Å². The highest BCUT2D eigenvalue weighted by molar-refractivity contribution is 9.10. The molecule has 0 amide bonds. The van der Waals surface area contributed by atoms with Gasteiger partial charge in [0.2, 0.25) is 0 Å². The van der Waals surface area contributed by atoms with Crippen molar-refractivity contribution in [2.24, 2.45) is 5.92 Å². The quantitative estimate of drug-likeness (QED) is 0.896. The number of anilines is 1. The van der Waals surface area contributed by atoms with Crippen LogP contribution < -0.4 is 10.2 Å². The maximum Gasteiger partial charge on any atom is 0.0557 e. The molecule has 2 N–H and O–H groups in total. The average Bonchev–Trinajstić information content (AvgIpc) is 2.79. The van der Waals surface area contributed by atoms with Gasteiger partial charge in [0.15, 0.2) is 0 Å². The molecule has 1 fully saturated rings. The van der Waals surface area contributed by atoms with Gasteiger partial charge in [-0.25, -0.2) is 0 Å². The molecular weight excluding hydrogens is 292 g/mol. The molecule has 4 heteroatoms. The minimum atomic E-state index is -0.210. The first-order valence-electron chi connectivity index (χ1n) is 6.48. The predicted octanol–water partition coefficient (Wildman–Crippen LogP) is 2.38. The Kier molecular flexibility index (Phi) is 4.65. The minimum absolute atomic E-state index is 0.210. The highest BCUT2D eigenvalue weighted by Gasteiger charge is 2.27. The first kappa shape index (κ1) is 13.8. The molecule has 1 heterocycles. The molecule has 100 valence electrons. The summed E-state index contributed by atoms with van der Waals surface area (Å²) in [5.41, 5.74) is 2.59. The summed E-state index contributed by atoms with van der Waals surface area (Å²) in [4.78, 5) is 2.39. The molecule has 1 aliphatic heterocycles. The van der Waals surface area contributed by atoms with E-state index >= 15 is 0 Å². The molecule has 2 atom stereocenters. The van der Waals surface area contributed by atoms with E-state index in [0.29, 0.717) is 5.92 Å². The molecule has 0 aliphatic carbocycles. The SMILES string of the molecule is CNCc1cc(Br)ccc1N1CCC(C(C)O)C1. The van der Waals surface area contributed by atoms with Crippen LogP contribution in [0.25, 0.3) is 0 Å². The van der Waals surface area contributed by atoms with Crippen LogP contribution in [0.15, 0.2) is 22.7 Å². The highest BCUT2D eigenvalue weighted by Crippen LogP contribution is 2.30. The fraction of sp³-hybridized carbons (Fsp3) is 0.571. The normalized spacial score (nSPS) is 21.3. The summed E-state index contributed by atoms with van der Waals surface area (Å²) < 4.78 is 1.11. The van der Waals surface area contributed by atoms with Crippen molar-refractivity contribution in [1.29, 1.82) is 0 Å². The third-order valence-electron chi connectivity index (χ3n) is 3.66. The van der Waals surface area contributed by atoms with Gasteiger partial charge < -0.3 is 15.3 Å². The second-order valence-electron chi connectivity index (χ2n) is 5.04. The minimum Gasteiger partial charge on any atom is -0.393 e. The Balaban J connectivity index is 2.18. The monoisotopic (exact) mass is 312 g/mol. The molecule has 3 nitrogen and oxygen atoms in total. The number of aliphatic hydroxyl groups excluding tert-OH is 1. The van der Waals surface area contributed by atoms with Gasteiger partial charge in [-0.05, 0) is 44.2 Å². The fourth-order valence-corrected chi connectivity index (χ4v) is 3.00. The van der Waals surface area contributed by atoms with Gasteiger partial charge >= 0.3 is 0 Å². The van der Waals surface area contributed by atoms with Crippen molar-refractivity contribution in [2.45, 2.75) is 26.0 Å². The Morgan fingerprint density at radius 2 is 2.33 bits per heavy atom. The number of rotatable bonds is 4. The summed E-state index contributed by atoms with van der Waals surface area (Å²) in [7, 11) is 1.97. The lowest BCUT2D eigenvalue weighted by molar-refractivity contribution is 0.136. The van der Waals surface area contributed by atoms with Crippen molar-refractivity contribution in [3.8, 4) is 0 Å². The zero-order valence-electron chi connectivity index (χ0n) is 11.0. The Bertz CT molecular complexity index is 409. The van der Waals surface area contributed by atoms with Gasteiger partial charge in [-0.3, -0.25) is 0 Å². The van der Waals surface area contributed by atoms with Crippen LogP contribution in [-0.2, 0) is 6.54 Å². The van der Waals surface area contributed by atoms with Crippen molar-refractivity contribution >= 4 is 21.6 Å². The summed E-state index contributed by atoms with van der Waals surface area (Å²) in [5, 5.41) is 12.9. The molecule has 1 aromatic carbocycles. The third-order valence-corrected chi connectivity index (χ3v) is 4.15. The number of hydrogen-bond donors (Lipinski definition) is 2. The van der Waals surface area contributed by atoms with E-state index in [1.807, 2.05) is 14.0 Å². The highest BCUT2D eigenvalue weighted by atomic mass is 79.9. The second-order valence-corrected chi connectivity index (χ2v) is 5.95. The van der Waals surface area contributed by atoms with Gasteiger partial charge in [0.05, 0.1) is 6.10 Å². The van der Waals surface area contributed by atoms with E-state index in [-0.39, 0.29) is 6.10 Å². The average molecular weight is 313 g/mol. The van der Waals surface area contributed by atoms with Crippen molar-refractivity contribution in [3.05, 3.63) is 28.2 Å². The Morgan fingerprint density at radius 3 is 2.94 bits per heavy atom. The van der Waals surface area contributed by atoms with E-state index in [1.165, 1.54) is 11.3 Å². The van der Waals surface area contributed by atoms with Gasteiger partial charge in [-0.15, -0.1) is 0 Å². The zero-order valence-corrected chi connectivity index (χ0v) is 12.6. The molecule has 0 radical (unpaired) electrons. The van der Waals surface area contributed by atoms with Crippen molar-refractivity contribution in [1.82, 2.24) is 5.32 Å².